The molecule has 0 aliphatic heterocycles. The summed E-state index contributed by atoms with van der Waals surface area (Å²) in [7, 11) is 0.971. The molecule has 156 valence electrons. The topological polar surface area (TPSA) is 116 Å². The summed E-state index contributed by atoms with van der Waals surface area (Å²) in [5, 5.41) is 11.0. The lowest BCUT2D eigenvalue weighted by molar-refractivity contribution is -0.157. The number of imidazole rings is 1. The molecule has 2 amide bonds. The van der Waals surface area contributed by atoms with E-state index < -0.39 is 29.9 Å². The maximum atomic E-state index is 13.4. The second kappa shape index (κ2) is 10.2. The van der Waals surface area contributed by atoms with Gasteiger partial charge < -0.3 is 15.0 Å². The number of nitrogens with one attached hydrogen (secondary N) is 3. The lowest BCUT2D eigenvalue weighted by atomic mass is 9.95. The summed E-state index contributed by atoms with van der Waals surface area (Å²) in [6.45, 7) is 0.945. The van der Waals surface area contributed by atoms with E-state index in [0.717, 1.165) is 14.0 Å². The Bertz CT molecular complexity index is 1000. The van der Waals surface area contributed by atoms with Gasteiger partial charge in [0.15, 0.2) is 5.60 Å². The number of hydroxylamine groups is 1. The van der Waals surface area contributed by atoms with Crippen molar-refractivity contribution in [2.45, 2.75) is 25.0 Å². The highest BCUT2D eigenvalue weighted by Crippen LogP contribution is 2.24. The van der Waals surface area contributed by atoms with Crippen molar-refractivity contribution in [3.63, 3.8) is 0 Å². The molecule has 1 heterocycles. The van der Waals surface area contributed by atoms with Gasteiger partial charge in [0.25, 0.3) is 18.2 Å². The van der Waals surface area contributed by atoms with Crippen LogP contribution in [0.1, 0.15) is 28.5 Å². The summed E-state index contributed by atoms with van der Waals surface area (Å²) in [5.41, 5.74) is 0.166. The second-order valence-corrected chi connectivity index (χ2v) is 6.11. The van der Waals surface area contributed by atoms with E-state index in [1.54, 1.807) is 6.20 Å². The van der Waals surface area contributed by atoms with Crippen LogP contribution >= 0.6 is 0 Å². The molecule has 0 aliphatic carbocycles. The van der Waals surface area contributed by atoms with E-state index in [2.05, 4.69) is 39.0 Å². The van der Waals surface area contributed by atoms with Crippen molar-refractivity contribution in [2.24, 2.45) is 0 Å². The number of carbonyl (C=O) groups is 2. The number of ether oxygens (including phenoxy) is 1. The standard InChI is InChI=1S/C20H18F2N4O4/c1-20(30-2,19(21)22)16(18(28)26-29)25-17(27)14-9-7-13(8-10-14)5-3-4-6-15-11-23-12-24-15/h7-12,16,19,29H,1-2H3,(H,23,24)(H,25,27)(H,26,28)/t16-,20?/m1/s1. The van der Waals surface area contributed by atoms with Crippen LogP contribution in [0.25, 0.3) is 0 Å². The summed E-state index contributed by atoms with van der Waals surface area (Å²) in [4.78, 5) is 30.9. The minimum absolute atomic E-state index is 0.0903. The van der Waals surface area contributed by atoms with Crippen molar-refractivity contribution in [3.8, 4) is 23.7 Å². The highest BCUT2D eigenvalue weighted by molar-refractivity contribution is 5.97. The number of methoxy groups -OCH3 is 1. The third-order valence-corrected chi connectivity index (χ3v) is 4.21. The first-order valence-electron chi connectivity index (χ1n) is 8.50. The first kappa shape index (κ1) is 22.6. The molecule has 0 saturated carbocycles. The molecule has 10 heteroatoms. The van der Waals surface area contributed by atoms with Crippen LogP contribution in [-0.2, 0) is 9.53 Å². The molecule has 2 aromatic rings. The SMILES string of the molecule is COC(C)(C(F)F)[C@H](NC(=O)c1ccc(C#CC#Cc2cnc[nH]2)cc1)C(=O)NO. The van der Waals surface area contributed by atoms with E-state index in [1.807, 2.05) is 0 Å². The van der Waals surface area contributed by atoms with Crippen molar-refractivity contribution >= 4 is 11.8 Å². The molecule has 0 radical (unpaired) electrons. The molecule has 1 unspecified atom stereocenters. The number of hydrogen-bond acceptors (Lipinski definition) is 5. The smallest absolute Gasteiger partial charge is 0.269 e. The number of carbonyl (C=O) groups excluding carboxylic acids is 2. The molecule has 0 saturated heterocycles. The zero-order valence-electron chi connectivity index (χ0n) is 16.0. The fourth-order valence-electron chi connectivity index (χ4n) is 2.31. The summed E-state index contributed by atoms with van der Waals surface area (Å²) >= 11 is 0. The average Bonchev–Trinajstić information content (AvgIpc) is 3.27. The Hall–Kier alpha value is -3.73. The maximum Gasteiger partial charge on any atom is 0.269 e. The van der Waals surface area contributed by atoms with Crippen molar-refractivity contribution in [3.05, 3.63) is 53.6 Å². The Labute approximate surface area is 171 Å². The van der Waals surface area contributed by atoms with E-state index in [0.29, 0.717) is 11.3 Å². The van der Waals surface area contributed by atoms with Crippen LogP contribution in [0.15, 0.2) is 36.8 Å². The number of rotatable bonds is 6. The molecule has 30 heavy (non-hydrogen) atoms. The summed E-state index contributed by atoms with van der Waals surface area (Å²) < 4.78 is 31.6. The van der Waals surface area contributed by atoms with Crippen molar-refractivity contribution < 1.29 is 28.3 Å². The van der Waals surface area contributed by atoms with Gasteiger partial charge in [0.2, 0.25) is 0 Å². The number of hydrogen-bond donors (Lipinski definition) is 4. The lowest BCUT2D eigenvalue weighted by Crippen LogP contribution is -2.62. The van der Waals surface area contributed by atoms with Gasteiger partial charge in [-0.05, 0) is 49.0 Å². The average molecular weight is 416 g/mol. The van der Waals surface area contributed by atoms with Crippen LogP contribution in [-0.4, -0.2) is 52.2 Å². The second-order valence-electron chi connectivity index (χ2n) is 6.11. The predicted molar refractivity (Wildman–Crippen MR) is 101 cm³/mol. The lowest BCUT2D eigenvalue weighted by Gasteiger charge is -2.34. The molecular formula is C20H18F2N4O4. The molecular weight excluding hydrogens is 398 g/mol. The molecule has 1 aromatic carbocycles. The quantitative estimate of drug-likeness (QED) is 0.320. The normalized spacial score (nSPS) is 13.1. The number of amides is 2. The van der Waals surface area contributed by atoms with E-state index in [-0.39, 0.29) is 5.56 Å². The number of nitrogens with zero attached hydrogens (tertiary/aromatic N) is 1. The molecule has 2 rings (SSSR count). The Kier molecular flexibility index (Phi) is 7.64. The van der Waals surface area contributed by atoms with Gasteiger partial charge in [0, 0.05) is 18.2 Å². The van der Waals surface area contributed by atoms with Gasteiger partial charge in [-0.15, -0.1) is 0 Å². The van der Waals surface area contributed by atoms with E-state index in [4.69, 9.17) is 9.94 Å². The molecule has 0 aliphatic rings. The van der Waals surface area contributed by atoms with Crippen LogP contribution < -0.4 is 10.8 Å². The van der Waals surface area contributed by atoms with Gasteiger partial charge >= 0.3 is 0 Å². The number of halogens is 2. The first-order valence-corrected chi connectivity index (χ1v) is 8.50. The molecule has 0 spiro atoms. The predicted octanol–water partition coefficient (Wildman–Crippen LogP) is 1.09. The molecule has 2 atom stereocenters. The van der Waals surface area contributed by atoms with Crippen LogP contribution in [0.2, 0.25) is 0 Å². The number of aromatic nitrogens is 2. The fourth-order valence-corrected chi connectivity index (χ4v) is 2.31. The van der Waals surface area contributed by atoms with E-state index in [1.165, 1.54) is 36.1 Å². The van der Waals surface area contributed by atoms with Gasteiger partial charge in [-0.1, -0.05) is 5.92 Å². The van der Waals surface area contributed by atoms with Gasteiger partial charge in [0.1, 0.15) is 11.7 Å². The van der Waals surface area contributed by atoms with E-state index >= 15 is 0 Å². The van der Waals surface area contributed by atoms with Crippen molar-refractivity contribution in [2.75, 3.05) is 7.11 Å². The van der Waals surface area contributed by atoms with Crippen LogP contribution in [0.5, 0.6) is 0 Å². The number of alkyl halides is 2. The van der Waals surface area contributed by atoms with Crippen LogP contribution in [0.4, 0.5) is 8.78 Å². The molecule has 4 N–H and O–H groups in total. The Morgan fingerprint density at radius 1 is 1.23 bits per heavy atom. The largest absolute Gasteiger partial charge is 0.370 e. The van der Waals surface area contributed by atoms with Gasteiger partial charge in [-0.2, -0.15) is 0 Å². The molecule has 0 bridgehead atoms. The Balaban J connectivity index is 2.13. The monoisotopic (exact) mass is 416 g/mol. The minimum atomic E-state index is -3.12. The minimum Gasteiger partial charge on any atom is -0.370 e. The van der Waals surface area contributed by atoms with Crippen LogP contribution in [0, 0.1) is 23.7 Å². The van der Waals surface area contributed by atoms with Gasteiger partial charge in [0.05, 0.1) is 12.5 Å². The van der Waals surface area contributed by atoms with Crippen molar-refractivity contribution in [1.29, 1.82) is 0 Å². The Morgan fingerprint density at radius 2 is 1.90 bits per heavy atom. The summed E-state index contributed by atoms with van der Waals surface area (Å²) in [6.07, 6.45) is -0.0767. The van der Waals surface area contributed by atoms with Gasteiger partial charge in [-0.25, -0.2) is 19.2 Å². The first-order chi connectivity index (χ1) is 14.3. The number of benzene rings is 1. The third-order valence-electron chi connectivity index (χ3n) is 4.21. The van der Waals surface area contributed by atoms with E-state index in [9.17, 15) is 18.4 Å². The highest BCUT2D eigenvalue weighted by atomic mass is 19.3. The Morgan fingerprint density at radius 3 is 2.43 bits per heavy atom. The third kappa shape index (κ3) is 5.41. The van der Waals surface area contributed by atoms with Gasteiger partial charge in [-0.3, -0.25) is 14.8 Å². The molecule has 8 nitrogen and oxygen atoms in total. The highest BCUT2D eigenvalue weighted by Gasteiger charge is 2.48. The molecule has 0 fully saturated rings. The molecule has 1 aromatic heterocycles. The fraction of sp³-hybridized carbons (Fsp3) is 0.250. The summed E-state index contributed by atoms with van der Waals surface area (Å²) in [5.74, 6) is 8.76. The number of H-pyrrole nitrogens is 1. The van der Waals surface area contributed by atoms with Crippen LogP contribution in [0.3, 0.4) is 0 Å². The maximum absolute atomic E-state index is 13.4. The zero-order chi connectivity index (χ0) is 22.1. The zero-order valence-corrected chi connectivity index (χ0v) is 16.0. The summed E-state index contributed by atoms with van der Waals surface area (Å²) in [6, 6.07) is 4.02. The van der Waals surface area contributed by atoms with Crippen molar-refractivity contribution in [1.82, 2.24) is 20.8 Å². The number of aromatic amines is 1.